The van der Waals surface area contributed by atoms with Gasteiger partial charge in [-0.2, -0.15) is 0 Å². The number of thiazole rings is 1. The maximum Gasteiger partial charge on any atom is 0.408 e. The molecule has 48 heavy (non-hydrogen) atoms. The summed E-state index contributed by atoms with van der Waals surface area (Å²) in [4.78, 5) is 53.1. The number of rotatable bonds is 8. The zero-order valence-electron chi connectivity index (χ0n) is 28.1. The van der Waals surface area contributed by atoms with Crippen molar-refractivity contribution in [2.45, 2.75) is 96.9 Å². The van der Waals surface area contributed by atoms with Gasteiger partial charge in [0.2, 0.25) is 11.8 Å². The number of alkyl carbamates (subject to hydrolysis) is 1. The number of aryl methyl sites for hydroxylation is 1. The summed E-state index contributed by atoms with van der Waals surface area (Å²) in [6.07, 6.45) is 2.46. The molecule has 2 saturated heterocycles. The number of carbonyl (C=O) groups is 3. The molecule has 2 fully saturated rings. The lowest BCUT2D eigenvalue weighted by Gasteiger charge is -2.29. The van der Waals surface area contributed by atoms with Crippen LogP contribution in [0.5, 0.6) is 0 Å². The lowest BCUT2D eigenvalue weighted by molar-refractivity contribution is -0.117. The van der Waals surface area contributed by atoms with Crippen LogP contribution in [0.4, 0.5) is 10.6 Å². The summed E-state index contributed by atoms with van der Waals surface area (Å²) in [5.41, 5.74) is 0.599. The molecule has 3 atom stereocenters. The molecule has 5 heterocycles. The van der Waals surface area contributed by atoms with Crippen molar-refractivity contribution in [3.05, 3.63) is 75.6 Å². The normalized spacial score (nSPS) is 19.4. The number of likely N-dealkylation sites (tertiary alicyclic amines) is 1. The Morgan fingerprint density at radius 3 is 2.52 bits per heavy atom. The zero-order valence-corrected chi connectivity index (χ0v) is 29.0. The van der Waals surface area contributed by atoms with Crippen LogP contribution in [0, 0.1) is 6.92 Å². The molecule has 1 N–H and O–H groups in total. The Balaban J connectivity index is 1.38. The van der Waals surface area contributed by atoms with Gasteiger partial charge in [-0.05, 0) is 78.5 Å². The minimum absolute atomic E-state index is 0.0546. The standard InChI is InChI=1S/C35H41N7O5S/c1-21-20-48-30(36-21)26-13-10-16-41(26)31(44)24-17-25(37-27(18-24)42-22(2)14-15-28(42)43)29-39-40-32(46-29)35(6,19-23-11-8-7-9-12-23)38-33(45)47-34(3,4)5/h7-9,11-12,17-18,20,22,26H,10,13-16,19H2,1-6H3,(H,38,45)/t22?,26-,35-/m1/s1. The third-order valence-corrected chi connectivity index (χ3v) is 9.58. The largest absolute Gasteiger partial charge is 0.444 e. The molecule has 2 aliphatic heterocycles. The molecule has 0 spiro atoms. The minimum atomic E-state index is -1.15. The third kappa shape index (κ3) is 7.10. The number of nitrogens with zero attached hydrogens (tertiary/aromatic N) is 6. The van der Waals surface area contributed by atoms with E-state index in [1.54, 1.807) is 56.1 Å². The summed E-state index contributed by atoms with van der Waals surface area (Å²) in [5.74, 6) is 0.293. The molecule has 13 heteroatoms. The van der Waals surface area contributed by atoms with Crippen LogP contribution in [0.1, 0.15) is 98.9 Å². The van der Waals surface area contributed by atoms with Gasteiger partial charge in [0.15, 0.2) is 0 Å². The van der Waals surface area contributed by atoms with Gasteiger partial charge in [0, 0.05) is 42.1 Å². The Bertz CT molecular complexity index is 1820. The van der Waals surface area contributed by atoms with E-state index < -0.39 is 17.2 Å². The molecule has 6 rings (SSSR count). The first kappa shape index (κ1) is 33.3. The number of nitrogens with one attached hydrogen (secondary N) is 1. The Hall–Kier alpha value is -4.65. The van der Waals surface area contributed by atoms with Crippen LogP contribution < -0.4 is 10.2 Å². The lowest BCUT2D eigenvalue weighted by Crippen LogP contribution is -2.47. The van der Waals surface area contributed by atoms with E-state index >= 15 is 0 Å². The minimum Gasteiger partial charge on any atom is -0.444 e. The van der Waals surface area contributed by atoms with Gasteiger partial charge in [0.1, 0.15) is 27.7 Å². The number of hydrogen-bond donors (Lipinski definition) is 1. The maximum absolute atomic E-state index is 14.2. The first-order valence-corrected chi connectivity index (χ1v) is 17.1. The third-order valence-electron chi connectivity index (χ3n) is 8.52. The summed E-state index contributed by atoms with van der Waals surface area (Å²) < 4.78 is 11.8. The smallest absolute Gasteiger partial charge is 0.408 e. The zero-order chi connectivity index (χ0) is 34.2. The Morgan fingerprint density at radius 2 is 1.85 bits per heavy atom. The second kappa shape index (κ2) is 13.1. The number of benzene rings is 1. The average molecular weight is 672 g/mol. The van der Waals surface area contributed by atoms with Gasteiger partial charge in [-0.3, -0.25) is 14.5 Å². The average Bonchev–Trinajstić information content (AvgIpc) is 3.84. The Morgan fingerprint density at radius 1 is 1.08 bits per heavy atom. The highest BCUT2D eigenvalue weighted by Gasteiger charge is 2.38. The molecule has 12 nitrogen and oxygen atoms in total. The maximum atomic E-state index is 14.2. The number of ether oxygens (including phenoxy) is 1. The van der Waals surface area contributed by atoms with E-state index in [0.29, 0.717) is 37.2 Å². The first-order valence-electron chi connectivity index (χ1n) is 16.3. The van der Waals surface area contributed by atoms with Crippen LogP contribution >= 0.6 is 11.3 Å². The molecule has 0 radical (unpaired) electrons. The van der Waals surface area contributed by atoms with E-state index in [4.69, 9.17) is 14.1 Å². The summed E-state index contributed by atoms with van der Waals surface area (Å²) in [7, 11) is 0. The van der Waals surface area contributed by atoms with Gasteiger partial charge in [0.25, 0.3) is 11.8 Å². The fourth-order valence-corrected chi connectivity index (χ4v) is 7.21. The number of anilines is 1. The number of amides is 3. The van der Waals surface area contributed by atoms with Crippen molar-refractivity contribution >= 4 is 35.1 Å². The van der Waals surface area contributed by atoms with Crippen LogP contribution in [-0.4, -0.2) is 61.2 Å². The van der Waals surface area contributed by atoms with Gasteiger partial charge in [-0.25, -0.2) is 14.8 Å². The first-order chi connectivity index (χ1) is 22.8. The van der Waals surface area contributed by atoms with Crippen molar-refractivity contribution in [3.63, 3.8) is 0 Å². The van der Waals surface area contributed by atoms with E-state index in [-0.39, 0.29) is 41.4 Å². The molecule has 2 aliphatic rings. The predicted molar refractivity (Wildman–Crippen MR) is 180 cm³/mol. The quantitative estimate of drug-likeness (QED) is 0.226. The second-order valence-electron chi connectivity index (χ2n) is 13.8. The molecule has 3 aromatic heterocycles. The monoisotopic (exact) mass is 671 g/mol. The van der Waals surface area contributed by atoms with Gasteiger partial charge in [-0.15, -0.1) is 21.5 Å². The molecule has 1 aromatic carbocycles. The van der Waals surface area contributed by atoms with Gasteiger partial charge in [0.05, 0.1) is 6.04 Å². The molecule has 4 aromatic rings. The summed E-state index contributed by atoms with van der Waals surface area (Å²) in [6.45, 7) is 11.7. The summed E-state index contributed by atoms with van der Waals surface area (Å²) >= 11 is 1.56. The predicted octanol–water partition coefficient (Wildman–Crippen LogP) is 6.37. The molecule has 0 bridgehead atoms. The molecule has 0 aliphatic carbocycles. The molecule has 0 saturated carbocycles. The highest BCUT2D eigenvalue weighted by atomic mass is 32.1. The van der Waals surface area contributed by atoms with Gasteiger partial charge >= 0.3 is 6.09 Å². The number of hydrogen-bond acceptors (Lipinski definition) is 10. The SMILES string of the molecule is Cc1csc([C@H]2CCCN2C(=O)c2cc(-c3nnc([C@@](C)(Cc4ccccc4)NC(=O)OC(C)(C)C)o3)nc(N3C(=O)CCC3C)c2)n1. The summed E-state index contributed by atoms with van der Waals surface area (Å²) in [6, 6.07) is 12.7. The van der Waals surface area contributed by atoms with Crippen LogP contribution in [-0.2, 0) is 21.5 Å². The molecule has 3 amide bonds. The topological polar surface area (TPSA) is 144 Å². The van der Waals surface area contributed by atoms with Crippen LogP contribution in [0.2, 0.25) is 0 Å². The van der Waals surface area contributed by atoms with Crippen LogP contribution in [0.25, 0.3) is 11.6 Å². The van der Waals surface area contributed by atoms with E-state index in [1.165, 1.54) is 0 Å². The lowest BCUT2D eigenvalue weighted by atomic mass is 9.92. The van der Waals surface area contributed by atoms with E-state index in [1.807, 2.05) is 54.5 Å². The van der Waals surface area contributed by atoms with E-state index in [9.17, 15) is 14.4 Å². The van der Waals surface area contributed by atoms with E-state index in [2.05, 4.69) is 20.5 Å². The fraction of sp³-hybridized carbons (Fsp3) is 0.457. The van der Waals surface area contributed by atoms with Crippen LogP contribution in [0.3, 0.4) is 0 Å². The highest BCUT2D eigenvalue weighted by Crippen LogP contribution is 2.37. The van der Waals surface area contributed by atoms with Crippen LogP contribution in [0.15, 0.2) is 52.3 Å². The second-order valence-corrected chi connectivity index (χ2v) is 14.7. The van der Waals surface area contributed by atoms with Crippen molar-refractivity contribution in [1.29, 1.82) is 0 Å². The molecule has 252 valence electrons. The molecular weight excluding hydrogens is 630 g/mol. The van der Waals surface area contributed by atoms with Gasteiger partial charge in [-0.1, -0.05) is 30.3 Å². The highest BCUT2D eigenvalue weighted by molar-refractivity contribution is 7.09. The number of carbonyl (C=O) groups excluding carboxylic acids is 3. The molecule has 1 unspecified atom stereocenters. The Kier molecular flexibility index (Phi) is 9.08. The van der Waals surface area contributed by atoms with Gasteiger partial charge < -0.3 is 19.4 Å². The van der Waals surface area contributed by atoms with Crippen molar-refractivity contribution in [2.75, 3.05) is 11.4 Å². The van der Waals surface area contributed by atoms with E-state index in [0.717, 1.165) is 29.1 Å². The van der Waals surface area contributed by atoms with Crippen molar-refractivity contribution in [3.8, 4) is 11.6 Å². The Labute approximate surface area is 283 Å². The van der Waals surface area contributed by atoms with Crippen molar-refractivity contribution in [2.24, 2.45) is 0 Å². The number of aromatic nitrogens is 4. The number of pyridine rings is 1. The van der Waals surface area contributed by atoms with Crippen molar-refractivity contribution in [1.82, 2.24) is 30.4 Å². The summed E-state index contributed by atoms with van der Waals surface area (Å²) in [5, 5.41) is 14.5. The fourth-order valence-electron chi connectivity index (χ4n) is 6.27. The van der Waals surface area contributed by atoms with Crippen molar-refractivity contribution < 1.29 is 23.5 Å². The molecular formula is C35H41N7O5S.